The first kappa shape index (κ1) is 17.7. The van der Waals surface area contributed by atoms with Gasteiger partial charge in [-0.25, -0.2) is 4.39 Å². The van der Waals surface area contributed by atoms with Crippen LogP contribution in [0.2, 0.25) is 0 Å². The van der Waals surface area contributed by atoms with E-state index in [0.717, 1.165) is 5.56 Å². The highest BCUT2D eigenvalue weighted by atomic mass is 19.1. The normalized spacial score (nSPS) is 23.1. The number of nitrogens with one attached hydrogen (secondary N) is 1. The highest BCUT2D eigenvalue weighted by molar-refractivity contribution is 5.97. The minimum absolute atomic E-state index is 0.0333. The molecule has 2 amide bonds. The molecule has 2 heterocycles. The van der Waals surface area contributed by atoms with Gasteiger partial charge < -0.3 is 10.2 Å². The zero-order valence-corrected chi connectivity index (χ0v) is 15.0. The van der Waals surface area contributed by atoms with E-state index in [9.17, 15) is 14.0 Å². The van der Waals surface area contributed by atoms with Crippen LogP contribution < -0.4 is 5.32 Å². The summed E-state index contributed by atoms with van der Waals surface area (Å²) < 4.78 is 13.9. The summed E-state index contributed by atoms with van der Waals surface area (Å²) in [5.74, 6) is -0.408. The van der Waals surface area contributed by atoms with Crippen molar-refractivity contribution in [2.24, 2.45) is 0 Å². The highest BCUT2D eigenvalue weighted by Gasteiger charge is 2.43. The smallest absolute Gasteiger partial charge is 0.246 e. The number of carbonyl (C=O) groups is 2. The fourth-order valence-corrected chi connectivity index (χ4v) is 3.86. The third kappa shape index (κ3) is 3.71. The van der Waals surface area contributed by atoms with Crippen LogP contribution in [0.25, 0.3) is 0 Å². The molecule has 2 fully saturated rings. The molecule has 0 spiro atoms. The molecule has 2 aromatic carbocycles. The highest BCUT2D eigenvalue weighted by Crippen LogP contribution is 2.20. The molecular formula is C21H22FN3O2. The number of fused-ring (bicyclic) bond motifs is 1. The standard InChI is InChI=1S/C21H22FN3O2/c22-17-9-5-4-8-16(17)13-24-10-11-25-19(14-24)20(26)23-18(21(25)27)12-15-6-2-1-3-7-15/h1-9,18-19H,10-14H2,(H,23,26)/t18-,19-/m1/s1. The van der Waals surface area contributed by atoms with Crippen LogP contribution in [0.15, 0.2) is 54.6 Å². The third-order valence-corrected chi connectivity index (χ3v) is 5.30. The number of halogens is 1. The Hall–Kier alpha value is -2.73. The van der Waals surface area contributed by atoms with Gasteiger partial charge in [0.15, 0.2) is 0 Å². The Kier molecular flexibility index (Phi) is 4.90. The van der Waals surface area contributed by atoms with Gasteiger partial charge >= 0.3 is 0 Å². The Morgan fingerprint density at radius 3 is 2.52 bits per heavy atom. The van der Waals surface area contributed by atoms with Crippen LogP contribution in [-0.4, -0.2) is 53.3 Å². The minimum Gasteiger partial charge on any atom is -0.342 e. The van der Waals surface area contributed by atoms with Crippen LogP contribution >= 0.6 is 0 Å². The first-order chi connectivity index (χ1) is 13.1. The van der Waals surface area contributed by atoms with Gasteiger partial charge in [-0.1, -0.05) is 48.5 Å². The maximum atomic E-state index is 13.9. The molecule has 2 atom stereocenters. The van der Waals surface area contributed by atoms with Gasteiger partial charge in [-0.15, -0.1) is 0 Å². The van der Waals surface area contributed by atoms with Crippen LogP contribution in [0.5, 0.6) is 0 Å². The number of piperazine rings is 2. The second-order valence-corrected chi connectivity index (χ2v) is 7.12. The average Bonchev–Trinajstić information content (AvgIpc) is 2.68. The van der Waals surface area contributed by atoms with Gasteiger partial charge in [0.1, 0.15) is 17.9 Å². The first-order valence-electron chi connectivity index (χ1n) is 9.22. The molecule has 4 rings (SSSR count). The molecule has 2 aliphatic heterocycles. The molecule has 0 bridgehead atoms. The van der Waals surface area contributed by atoms with Crippen molar-refractivity contribution in [3.8, 4) is 0 Å². The van der Waals surface area contributed by atoms with Gasteiger partial charge in [-0.05, 0) is 11.6 Å². The van der Waals surface area contributed by atoms with Crippen molar-refractivity contribution < 1.29 is 14.0 Å². The van der Waals surface area contributed by atoms with Crippen molar-refractivity contribution in [2.45, 2.75) is 25.0 Å². The zero-order valence-electron chi connectivity index (χ0n) is 15.0. The van der Waals surface area contributed by atoms with Crippen molar-refractivity contribution in [1.29, 1.82) is 0 Å². The Morgan fingerprint density at radius 2 is 1.74 bits per heavy atom. The molecule has 0 saturated carbocycles. The van der Waals surface area contributed by atoms with Crippen LogP contribution in [0, 0.1) is 5.82 Å². The topological polar surface area (TPSA) is 52.7 Å². The lowest BCUT2D eigenvalue weighted by molar-refractivity contribution is -0.153. The summed E-state index contributed by atoms with van der Waals surface area (Å²) in [4.78, 5) is 29.2. The molecule has 2 aliphatic rings. The number of benzene rings is 2. The molecule has 0 unspecified atom stereocenters. The summed E-state index contributed by atoms with van der Waals surface area (Å²) in [5, 5.41) is 2.88. The number of hydrogen-bond donors (Lipinski definition) is 1. The maximum absolute atomic E-state index is 13.9. The molecule has 1 N–H and O–H groups in total. The van der Waals surface area contributed by atoms with E-state index in [0.29, 0.717) is 38.2 Å². The monoisotopic (exact) mass is 367 g/mol. The maximum Gasteiger partial charge on any atom is 0.246 e. The van der Waals surface area contributed by atoms with Crippen LogP contribution in [-0.2, 0) is 22.6 Å². The quantitative estimate of drug-likeness (QED) is 0.893. The Labute approximate surface area is 157 Å². The van der Waals surface area contributed by atoms with E-state index in [1.165, 1.54) is 6.07 Å². The van der Waals surface area contributed by atoms with Crippen LogP contribution in [0.1, 0.15) is 11.1 Å². The fraction of sp³-hybridized carbons (Fsp3) is 0.333. The Balaban J connectivity index is 1.43. The second-order valence-electron chi connectivity index (χ2n) is 7.12. The fourth-order valence-electron chi connectivity index (χ4n) is 3.86. The Morgan fingerprint density at radius 1 is 1.00 bits per heavy atom. The van der Waals surface area contributed by atoms with Crippen molar-refractivity contribution in [2.75, 3.05) is 19.6 Å². The van der Waals surface area contributed by atoms with Gasteiger partial charge in [-0.2, -0.15) is 0 Å². The van der Waals surface area contributed by atoms with E-state index >= 15 is 0 Å². The van der Waals surface area contributed by atoms with E-state index in [2.05, 4.69) is 5.32 Å². The second kappa shape index (κ2) is 7.48. The molecule has 5 nitrogen and oxygen atoms in total. The van der Waals surface area contributed by atoms with Crippen molar-refractivity contribution >= 4 is 11.8 Å². The summed E-state index contributed by atoms with van der Waals surface area (Å²) in [6.07, 6.45) is 0.494. The molecular weight excluding hydrogens is 345 g/mol. The molecule has 0 aliphatic carbocycles. The lowest BCUT2D eigenvalue weighted by Gasteiger charge is -2.45. The van der Waals surface area contributed by atoms with Crippen molar-refractivity contribution in [1.82, 2.24) is 15.1 Å². The van der Waals surface area contributed by atoms with Crippen molar-refractivity contribution in [3.05, 3.63) is 71.5 Å². The van der Waals surface area contributed by atoms with E-state index < -0.39 is 12.1 Å². The van der Waals surface area contributed by atoms with E-state index in [1.54, 1.807) is 23.1 Å². The van der Waals surface area contributed by atoms with Crippen LogP contribution in [0.4, 0.5) is 4.39 Å². The average molecular weight is 367 g/mol. The molecule has 0 radical (unpaired) electrons. The molecule has 2 saturated heterocycles. The van der Waals surface area contributed by atoms with Crippen LogP contribution in [0.3, 0.4) is 0 Å². The number of carbonyl (C=O) groups excluding carboxylic acids is 2. The first-order valence-corrected chi connectivity index (χ1v) is 9.22. The summed E-state index contributed by atoms with van der Waals surface area (Å²) >= 11 is 0. The number of amides is 2. The van der Waals surface area contributed by atoms with E-state index in [-0.39, 0.29) is 17.6 Å². The van der Waals surface area contributed by atoms with Gasteiger partial charge in [0.2, 0.25) is 11.8 Å². The van der Waals surface area contributed by atoms with Gasteiger partial charge in [-0.3, -0.25) is 14.5 Å². The molecule has 0 aromatic heterocycles. The SMILES string of the molecule is O=C1N[C@H](Cc2ccccc2)C(=O)N2CCN(Cc3ccccc3F)C[C@H]12. The van der Waals surface area contributed by atoms with Gasteiger partial charge in [0.25, 0.3) is 0 Å². The predicted octanol–water partition coefficient (Wildman–Crippen LogP) is 1.58. The van der Waals surface area contributed by atoms with E-state index in [4.69, 9.17) is 0 Å². The van der Waals surface area contributed by atoms with E-state index in [1.807, 2.05) is 35.2 Å². The summed E-state index contributed by atoms with van der Waals surface area (Å²) in [6.45, 7) is 1.97. The largest absolute Gasteiger partial charge is 0.342 e. The summed E-state index contributed by atoms with van der Waals surface area (Å²) in [6, 6.07) is 15.3. The minimum atomic E-state index is -0.519. The van der Waals surface area contributed by atoms with Gasteiger partial charge in [0, 0.05) is 38.2 Å². The predicted molar refractivity (Wildman–Crippen MR) is 99.3 cm³/mol. The lowest BCUT2D eigenvalue weighted by Crippen LogP contribution is -2.69. The zero-order chi connectivity index (χ0) is 18.8. The molecule has 2 aromatic rings. The molecule has 6 heteroatoms. The third-order valence-electron chi connectivity index (χ3n) is 5.30. The molecule has 140 valence electrons. The molecule has 27 heavy (non-hydrogen) atoms. The summed E-state index contributed by atoms with van der Waals surface area (Å²) in [5.41, 5.74) is 1.63. The lowest BCUT2D eigenvalue weighted by atomic mass is 9.98. The number of hydrogen-bond acceptors (Lipinski definition) is 3. The van der Waals surface area contributed by atoms with Crippen molar-refractivity contribution in [3.63, 3.8) is 0 Å². The Bertz CT molecular complexity index is 842. The summed E-state index contributed by atoms with van der Waals surface area (Å²) in [7, 11) is 0. The number of rotatable bonds is 4. The van der Waals surface area contributed by atoms with Gasteiger partial charge in [0.05, 0.1) is 0 Å². The number of nitrogens with zero attached hydrogens (tertiary/aromatic N) is 2.